The maximum Gasteiger partial charge on any atom is 0.313 e. The minimum atomic E-state index is -0.441. The second kappa shape index (κ2) is 21.2. The molecule has 0 radical (unpaired) electrons. The lowest BCUT2D eigenvalue weighted by Gasteiger charge is -2.23. The maximum atomic E-state index is 11.5. The van der Waals surface area contributed by atoms with Crippen molar-refractivity contribution >= 4 is 17.9 Å². The summed E-state index contributed by atoms with van der Waals surface area (Å²) >= 11 is 0. The Kier molecular flexibility index (Phi) is 22.9. The van der Waals surface area contributed by atoms with E-state index >= 15 is 0 Å². The average molecular weight is 537 g/mol. The molecule has 0 bridgehead atoms. The summed E-state index contributed by atoms with van der Waals surface area (Å²) in [7, 11) is 1.49. The second-order valence-corrected chi connectivity index (χ2v) is 10.4. The van der Waals surface area contributed by atoms with Crippen LogP contribution in [-0.2, 0) is 42.8 Å². The Labute approximate surface area is 226 Å². The van der Waals surface area contributed by atoms with Gasteiger partial charge in [-0.25, -0.2) is 0 Å². The molecule has 0 saturated heterocycles. The Morgan fingerprint density at radius 1 is 0.676 bits per heavy atom. The largest absolute Gasteiger partial charge is 0.438 e. The van der Waals surface area contributed by atoms with Crippen molar-refractivity contribution < 1.29 is 42.8 Å². The van der Waals surface area contributed by atoms with Gasteiger partial charge in [0.05, 0.1) is 22.9 Å². The van der Waals surface area contributed by atoms with Crippen LogP contribution in [0.5, 0.6) is 0 Å². The minimum Gasteiger partial charge on any atom is -0.438 e. The predicted molar refractivity (Wildman–Crippen MR) is 145 cm³/mol. The van der Waals surface area contributed by atoms with E-state index in [-0.39, 0.29) is 31.5 Å². The number of esters is 3. The molecule has 0 saturated carbocycles. The van der Waals surface area contributed by atoms with E-state index < -0.39 is 22.5 Å². The molecule has 1 atom stereocenters. The molecule has 0 aromatic heterocycles. The first kappa shape index (κ1) is 39.8. The molecule has 0 aliphatic rings. The van der Waals surface area contributed by atoms with Gasteiger partial charge in [-0.3, -0.25) is 14.4 Å². The standard InChI is InChI=1S/2C10H20O3.C8H16O3/c1-6-10(4,5)9(11)13-8(3)12-7-2;1-5-7-12-8-13-9(11)10(3,4)6-2;1-5-8(2,3)7(9)11-6-10-4/h8H,6-7H2,1-5H3;5-8H2,1-4H3;5-6H2,1-4H3. The number of methoxy groups -OCH3 is 1. The van der Waals surface area contributed by atoms with E-state index in [0.717, 1.165) is 25.7 Å². The summed E-state index contributed by atoms with van der Waals surface area (Å²) in [4.78, 5) is 34.0. The van der Waals surface area contributed by atoms with Crippen molar-refractivity contribution in [2.75, 3.05) is 33.9 Å². The van der Waals surface area contributed by atoms with Gasteiger partial charge in [0, 0.05) is 13.7 Å². The lowest BCUT2D eigenvalue weighted by molar-refractivity contribution is -0.184. The van der Waals surface area contributed by atoms with Gasteiger partial charge in [0.25, 0.3) is 0 Å². The SMILES string of the molecule is CCC(C)(C)C(=O)OCOC.CCCOCOC(=O)C(C)(C)CC.CCOC(C)OC(=O)C(C)(C)CC. The van der Waals surface area contributed by atoms with E-state index in [2.05, 4.69) is 4.74 Å². The first-order valence-corrected chi connectivity index (χ1v) is 13.3. The van der Waals surface area contributed by atoms with Crippen LogP contribution in [0.25, 0.3) is 0 Å². The van der Waals surface area contributed by atoms with Crippen molar-refractivity contribution in [3.05, 3.63) is 0 Å². The van der Waals surface area contributed by atoms with Gasteiger partial charge >= 0.3 is 17.9 Å². The summed E-state index contributed by atoms with van der Waals surface area (Å²) in [5, 5.41) is 0. The van der Waals surface area contributed by atoms with E-state index in [9.17, 15) is 14.4 Å². The van der Waals surface area contributed by atoms with Crippen molar-refractivity contribution in [1.29, 1.82) is 0 Å². The lowest BCUT2D eigenvalue weighted by atomic mass is 9.91. The van der Waals surface area contributed by atoms with Gasteiger partial charge in [0.1, 0.15) is 0 Å². The van der Waals surface area contributed by atoms with Gasteiger partial charge in [-0.15, -0.1) is 0 Å². The van der Waals surface area contributed by atoms with Gasteiger partial charge in [0.2, 0.25) is 0 Å². The molecule has 9 heteroatoms. The Balaban J connectivity index is -0.000000471. The Morgan fingerprint density at radius 3 is 1.43 bits per heavy atom. The van der Waals surface area contributed by atoms with Gasteiger partial charge < -0.3 is 28.4 Å². The van der Waals surface area contributed by atoms with Crippen LogP contribution in [0.3, 0.4) is 0 Å². The number of hydrogen-bond donors (Lipinski definition) is 0. The lowest BCUT2D eigenvalue weighted by Crippen LogP contribution is -2.30. The molecule has 222 valence electrons. The van der Waals surface area contributed by atoms with Crippen molar-refractivity contribution in [3.8, 4) is 0 Å². The molecule has 0 heterocycles. The molecular formula is C28H56O9. The molecule has 37 heavy (non-hydrogen) atoms. The molecule has 0 aromatic rings. The van der Waals surface area contributed by atoms with Crippen LogP contribution in [0.2, 0.25) is 0 Å². The van der Waals surface area contributed by atoms with E-state index in [1.54, 1.807) is 6.92 Å². The van der Waals surface area contributed by atoms with Crippen LogP contribution in [0, 0.1) is 16.2 Å². The summed E-state index contributed by atoms with van der Waals surface area (Å²) in [5.41, 5.74) is -1.19. The highest BCUT2D eigenvalue weighted by atomic mass is 16.7. The molecule has 0 fully saturated rings. The van der Waals surface area contributed by atoms with E-state index in [4.69, 9.17) is 23.7 Å². The number of carbonyl (C=O) groups is 3. The smallest absolute Gasteiger partial charge is 0.313 e. The number of ether oxygens (including phenoxy) is 6. The van der Waals surface area contributed by atoms with E-state index in [0.29, 0.717) is 13.2 Å². The highest BCUT2D eigenvalue weighted by Crippen LogP contribution is 2.23. The third-order valence-corrected chi connectivity index (χ3v) is 5.91. The maximum absolute atomic E-state index is 11.5. The Bertz CT molecular complexity index is 613. The van der Waals surface area contributed by atoms with Crippen LogP contribution < -0.4 is 0 Å². The summed E-state index contributed by atoms with van der Waals surface area (Å²) in [5.74, 6) is -0.594. The van der Waals surface area contributed by atoms with Crippen LogP contribution in [-0.4, -0.2) is 58.1 Å². The molecule has 0 aliphatic heterocycles. The molecule has 0 aliphatic carbocycles. The van der Waals surface area contributed by atoms with Crippen molar-refractivity contribution in [1.82, 2.24) is 0 Å². The van der Waals surface area contributed by atoms with Crippen LogP contribution in [0.4, 0.5) is 0 Å². The third-order valence-electron chi connectivity index (χ3n) is 5.91. The van der Waals surface area contributed by atoms with Gasteiger partial charge in [0.15, 0.2) is 19.9 Å². The average Bonchev–Trinajstić information content (AvgIpc) is 2.85. The quantitative estimate of drug-likeness (QED) is 0.104. The zero-order chi connectivity index (χ0) is 29.7. The number of carbonyl (C=O) groups excluding carboxylic acids is 3. The molecule has 0 N–H and O–H groups in total. The highest BCUT2D eigenvalue weighted by molar-refractivity contribution is 5.76. The van der Waals surface area contributed by atoms with Crippen LogP contribution >= 0.6 is 0 Å². The first-order chi connectivity index (χ1) is 17.0. The zero-order valence-electron chi connectivity index (χ0n) is 25.9. The first-order valence-electron chi connectivity index (χ1n) is 13.3. The van der Waals surface area contributed by atoms with Gasteiger partial charge in [-0.1, -0.05) is 27.7 Å². The molecular weight excluding hydrogens is 480 g/mol. The molecule has 0 spiro atoms. The summed E-state index contributed by atoms with van der Waals surface area (Å²) in [6.45, 7) is 24.0. The fourth-order valence-corrected chi connectivity index (χ4v) is 1.81. The van der Waals surface area contributed by atoms with Crippen molar-refractivity contribution in [2.24, 2.45) is 16.2 Å². The van der Waals surface area contributed by atoms with Crippen molar-refractivity contribution in [3.63, 3.8) is 0 Å². The fourth-order valence-electron chi connectivity index (χ4n) is 1.81. The molecule has 9 nitrogen and oxygen atoms in total. The Hall–Kier alpha value is -1.71. The number of rotatable bonds is 15. The topological polar surface area (TPSA) is 107 Å². The highest BCUT2D eigenvalue weighted by Gasteiger charge is 2.29. The predicted octanol–water partition coefficient (Wildman–Crippen LogP) is 6.27. The fraction of sp³-hybridized carbons (Fsp3) is 0.893. The zero-order valence-corrected chi connectivity index (χ0v) is 25.9. The third kappa shape index (κ3) is 20.0. The molecule has 1 unspecified atom stereocenters. The van der Waals surface area contributed by atoms with Gasteiger partial charge in [-0.05, 0) is 81.1 Å². The Morgan fingerprint density at radius 2 is 1.08 bits per heavy atom. The molecule has 0 rings (SSSR count). The van der Waals surface area contributed by atoms with Crippen LogP contribution in [0.15, 0.2) is 0 Å². The van der Waals surface area contributed by atoms with E-state index in [1.807, 2.05) is 76.2 Å². The molecule has 0 aromatic carbocycles. The van der Waals surface area contributed by atoms with Crippen LogP contribution in [0.1, 0.15) is 109 Å². The minimum absolute atomic E-state index is 0.0439. The monoisotopic (exact) mass is 536 g/mol. The summed E-state index contributed by atoms with van der Waals surface area (Å²) < 4.78 is 29.6. The second-order valence-electron chi connectivity index (χ2n) is 10.4. The molecule has 0 amide bonds. The van der Waals surface area contributed by atoms with Crippen molar-refractivity contribution in [2.45, 2.75) is 115 Å². The van der Waals surface area contributed by atoms with E-state index in [1.165, 1.54) is 7.11 Å². The summed E-state index contributed by atoms with van der Waals surface area (Å²) in [6.07, 6.45) is 2.82. The number of hydrogen-bond acceptors (Lipinski definition) is 9. The summed E-state index contributed by atoms with van der Waals surface area (Å²) in [6, 6.07) is 0. The normalized spacial score (nSPS) is 12.2. The van der Waals surface area contributed by atoms with Gasteiger partial charge in [-0.2, -0.15) is 0 Å².